The predicted octanol–water partition coefficient (Wildman–Crippen LogP) is 4.44. The van der Waals surface area contributed by atoms with Crippen molar-refractivity contribution in [3.05, 3.63) is 101 Å². The first-order chi connectivity index (χ1) is 15.5. The van der Waals surface area contributed by atoms with Crippen LogP contribution in [0.25, 0.3) is 0 Å². The number of benzene rings is 3. The molecule has 1 aliphatic heterocycles. The number of piperazine rings is 1. The highest BCUT2D eigenvalue weighted by atomic mass is 16.2. The fourth-order valence-corrected chi connectivity index (χ4v) is 4.18. The molecule has 0 saturated carbocycles. The van der Waals surface area contributed by atoms with Gasteiger partial charge < -0.3 is 10.2 Å². The van der Waals surface area contributed by atoms with E-state index in [4.69, 9.17) is 0 Å². The molecule has 0 aliphatic carbocycles. The lowest BCUT2D eigenvalue weighted by molar-refractivity contribution is -0.122. The van der Waals surface area contributed by atoms with E-state index in [1.807, 2.05) is 97.6 Å². The Bertz CT molecular complexity index is 1070. The van der Waals surface area contributed by atoms with E-state index in [2.05, 4.69) is 10.2 Å². The Labute approximate surface area is 189 Å². The van der Waals surface area contributed by atoms with Gasteiger partial charge in [-0.05, 0) is 48.7 Å². The maximum absolute atomic E-state index is 13.5. The number of carbonyl (C=O) groups is 2. The Morgan fingerprint density at radius 1 is 0.812 bits per heavy atom. The maximum Gasteiger partial charge on any atom is 0.253 e. The lowest BCUT2D eigenvalue weighted by Gasteiger charge is -2.39. The standard InChI is InChI=1S/C27H29N3O2/c1-20-13-14-21(2)24(19-20)28-26(31)25(22-9-5-3-6-10-22)29-15-17-30(18-16-29)27(32)23-11-7-4-8-12-23/h3-14,19,25H,15-18H2,1-2H3,(H,28,31). The van der Waals surface area contributed by atoms with Gasteiger partial charge in [0.25, 0.3) is 5.91 Å². The molecule has 5 heteroatoms. The molecule has 1 unspecified atom stereocenters. The van der Waals surface area contributed by atoms with E-state index < -0.39 is 6.04 Å². The summed E-state index contributed by atoms with van der Waals surface area (Å²) in [5.41, 5.74) is 4.64. The van der Waals surface area contributed by atoms with Gasteiger partial charge in [-0.25, -0.2) is 0 Å². The zero-order chi connectivity index (χ0) is 22.5. The van der Waals surface area contributed by atoms with Gasteiger partial charge in [-0.1, -0.05) is 60.7 Å². The van der Waals surface area contributed by atoms with Gasteiger partial charge in [-0.3, -0.25) is 14.5 Å². The number of aryl methyl sites for hydroxylation is 2. The molecule has 1 saturated heterocycles. The van der Waals surface area contributed by atoms with Crippen LogP contribution in [0.4, 0.5) is 5.69 Å². The van der Waals surface area contributed by atoms with Crippen molar-refractivity contribution < 1.29 is 9.59 Å². The molecule has 0 bridgehead atoms. The van der Waals surface area contributed by atoms with Gasteiger partial charge >= 0.3 is 0 Å². The molecular weight excluding hydrogens is 398 g/mol. The first-order valence-electron chi connectivity index (χ1n) is 11.0. The minimum absolute atomic E-state index is 0.0429. The highest BCUT2D eigenvalue weighted by Crippen LogP contribution is 2.26. The molecular formula is C27H29N3O2. The highest BCUT2D eigenvalue weighted by Gasteiger charge is 2.32. The third-order valence-electron chi connectivity index (χ3n) is 6.00. The maximum atomic E-state index is 13.5. The van der Waals surface area contributed by atoms with Crippen LogP contribution in [-0.2, 0) is 4.79 Å². The van der Waals surface area contributed by atoms with Crippen LogP contribution in [0, 0.1) is 13.8 Å². The minimum Gasteiger partial charge on any atom is -0.336 e. The van der Waals surface area contributed by atoms with E-state index in [1.54, 1.807) is 0 Å². The van der Waals surface area contributed by atoms with Gasteiger partial charge in [0.1, 0.15) is 6.04 Å². The second-order valence-electron chi connectivity index (χ2n) is 8.32. The van der Waals surface area contributed by atoms with Gasteiger partial charge in [-0.15, -0.1) is 0 Å². The van der Waals surface area contributed by atoms with Crippen LogP contribution >= 0.6 is 0 Å². The van der Waals surface area contributed by atoms with Crippen LogP contribution in [-0.4, -0.2) is 47.8 Å². The lowest BCUT2D eigenvalue weighted by atomic mass is 10.0. The Kier molecular flexibility index (Phi) is 6.66. The number of rotatable bonds is 5. The molecule has 3 aromatic rings. The molecule has 1 atom stereocenters. The topological polar surface area (TPSA) is 52.7 Å². The fraction of sp³-hybridized carbons (Fsp3) is 0.259. The van der Waals surface area contributed by atoms with Crippen molar-refractivity contribution in [1.82, 2.24) is 9.80 Å². The molecule has 0 spiro atoms. The minimum atomic E-state index is -0.412. The van der Waals surface area contributed by atoms with Crippen molar-refractivity contribution in [1.29, 1.82) is 0 Å². The van der Waals surface area contributed by atoms with E-state index in [1.165, 1.54) is 0 Å². The van der Waals surface area contributed by atoms with Crippen molar-refractivity contribution in [2.45, 2.75) is 19.9 Å². The molecule has 0 radical (unpaired) electrons. The first-order valence-corrected chi connectivity index (χ1v) is 11.0. The molecule has 4 rings (SSSR count). The molecule has 2 amide bonds. The van der Waals surface area contributed by atoms with Crippen molar-refractivity contribution in [3.63, 3.8) is 0 Å². The Morgan fingerprint density at radius 2 is 1.44 bits per heavy atom. The molecule has 32 heavy (non-hydrogen) atoms. The number of anilines is 1. The van der Waals surface area contributed by atoms with Crippen molar-refractivity contribution >= 4 is 17.5 Å². The molecule has 0 aromatic heterocycles. The smallest absolute Gasteiger partial charge is 0.253 e. The van der Waals surface area contributed by atoms with E-state index >= 15 is 0 Å². The van der Waals surface area contributed by atoms with Crippen molar-refractivity contribution in [3.8, 4) is 0 Å². The summed E-state index contributed by atoms with van der Waals surface area (Å²) in [6.07, 6.45) is 0. The van der Waals surface area contributed by atoms with E-state index in [9.17, 15) is 9.59 Å². The first kappa shape index (κ1) is 21.8. The summed E-state index contributed by atoms with van der Waals surface area (Å²) >= 11 is 0. The number of carbonyl (C=O) groups excluding carboxylic acids is 2. The average Bonchev–Trinajstić information content (AvgIpc) is 2.83. The average molecular weight is 428 g/mol. The summed E-state index contributed by atoms with van der Waals surface area (Å²) in [5.74, 6) is -0.00548. The number of hydrogen-bond donors (Lipinski definition) is 1. The molecule has 1 fully saturated rings. The highest BCUT2D eigenvalue weighted by molar-refractivity contribution is 5.96. The Hall–Kier alpha value is -3.44. The largest absolute Gasteiger partial charge is 0.336 e. The third kappa shape index (κ3) is 4.89. The van der Waals surface area contributed by atoms with Crippen molar-refractivity contribution in [2.75, 3.05) is 31.5 Å². The number of hydrogen-bond acceptors (Lipinski definition) is 3. The van der Waals surface area contributed by atoms with E-state index in [0.717, 1.165) is 22.4 Å². The van der Waals surface area contributed by atoms with Gasteiger partial charge in [0.05, 0.1) is 0 Å². The second-order valence-corrected chi connectivity index (χ2v) is 8.32. The summed E-state index contributed by atoms with van der Waals surface area (Å²) in [4.78, 5) is 30.3. The van der Waals surface area contributed by atoms with Crippen LogP contribution in [0.5, 0.6) is 0 Å². The third-order valence-corrected chi connectivity index (χ3v) is 6.00. The number of nitrogens with one attached hydrogen (secondary N) is 1. The summed E-state index contributed by atoms with van der Waals surface area (Å²) in [6.45, 7) is 6.48. The zero-order valence-electron chi connectivity index (χ0n) is 18.6. The Morgan fingerprint density at radius 3 is 2.09 bits per heavy atom. The molecule has 3 aromatic carbocycles. The number of nitrogens with zero attached hydrogens (tertiary/aromatic N) is 2. The number of amides is 2. The van der Waals surface area contributed by atoms with E-state index in [-0.39, 0.29) is 11.8 Å². The molecule has 1 heterocycles. The van der Waals surface area contributed by atoms with Gasteiger partial charge in [0.15, 0.2) is 0 Å². The summed E-state index contributed by atoms with van der Waals surface area (Å²) < 4.78 is 0. The molecule has 164 valence electrons. The lowest BCUT2D eigenvalue weighted by Crippen LogP contribution is -2.51. The predicted molar refractivity (Wildman–Crippen MR) is 128 cm³/mol. The van der Waals surface area contributed by atoms with Crippen LogP contribution in [0.3, 0.4) is 0 Å². The van der Waals surface area contributed by atoms with Crippen LogP contribution in [0.2, 0.25) is 0 Å². The SMILES string of the molecule is Cc1ccc(C)c(NC(=O)C(c2ccccc2)N2CCN(C(=O)c3ccccc3)CC2)c1. The molecule has 5 nitrogen and oxygen atoms in total. The fourth-order valence-electron chi connectivity index (χ4n) is 4.18. The normalized spacial score (nSPS) is 15.2. The van der Waals surface area contributed by atoms with Crippen LogP contribution in [0.1, 0.15) is 33.1 Å². The molecule has 1 aliphatic rings. The van der Waals surface area contributed by atoms with Crippen LogP contribution in [0.15, 0.2) is 78.9 Å². The van der Waals surface area contributed by atoms with E-state index in [0.29, 0.717) is 31.7 Å². The molecule has 1 N–H and O–H groups in total. The van der Waals surface area contributed by atoms with Crippen LogP contribution < -0.4 is 5.32 Å². The monoisotopic (exact) mass is 427 g/mol. The Balaban J connectivity index is 1.51. The summed E-state index contributed by atoms with van der Waals surface area (Å²) in [5, 5.41) is 3.15. The van der Waals surface area contributed by atoms with Gasteiger partial charge in [-0.2, -0.15) is 0 Å². The van der Waals surface area contributed by atoms with Crippen molar-refractivity contribution in [2.24, 2.45) is 0 Å². The summed E-state index contributed by atoms with van der Waals surface area (Å²) in [7, 11) is 0. The quantitative estimate of drug-likeness (QED) is 0.655. The van der Waals surface area contributed by atoms with Gasteiger partial charge in [0, 0.05) is 37.4 Å². The summed E-state index contributed by atoms with van der Waals surface area (Å²) in [6, 6.07) is 24.9. The second kappa shape index (κ2) is 9.79. The zero-order valence-corrected chi connectivity index (χ0v) is 18.6. The van der Waals surface area contributed by atoms with Gasteiger partial charge in [0.2, 0.25) is 5.91 Å².